The molecule has 1 atom stereocenters. The highest BCUT2D eigenvalue weighted by Crippen LogP contribution is 2.37. The van der Waals surface area contributed by atoms with Crippen molar-refractivity contribution in [2.75, 3.05) is 0 Å². The Morgan fingerprint density at radius 1 is 0.880 bits per heavy atom. The van der Waals surface area contributed by atoms with Crippen LogP contribution in [0.4, 0.5) is 0 Å². The van der Waals surface area contributed by atoms with E-state index in [4.69, 9.17) is 0 Å². The lowest BCUT2D eigenvalue weighted by Crippen LogP contribution is -2.33. The number of hydrogen-bond acceptors (Lipinski definition) is 0. The lowest BCUT2D eigenvalue weighted by atomic mass is 9.78. The van der Waals surface area contributed by atoms with Gasteiger partial charge in [0.25, 0.3) is 0 Å². The minimum atomic E-state index is 0.518. The van der Waals surface area contributed by atoms with Gasteiger partial charge in [0, 0.05) is 5.92 Å². The van der Waals surface area contributed by atoms with Crippen molar-refractivity contribution in [3.8, 4) is 0 Å². The third kappa shape index (κ3) is 2.44. The number of allylic oxidation sites excluding steroid dienone is 5. The molecule has 0 radical (unpaired) electrons. The molecule has 0 heteroatoms. The van der Waals surface area contributed by atoms with Gasteiger partial charge in [-0.25, -0.2) is 0 Å². The van der Waals surface area contributed by atoms with Gasteiger partial charge in [0.1, 0.15) is 0 Å². The molecule has 25 heavy (non-hydrogen) atoms. The van der Waals surface area contributed by atoms with Gasteiger partial charge in [-0.05, 0) is 58.9 Å². The first-order chi connectivity index (χ1) is 12.3. The highest BCUT2D eigenvalue weighted by Gasteiger charge is 2.21. The van der Waals surface area contributed by atoms with Crippen LogP contribution >= 0.6 is 0 Å². The lowest BCUT2D eigenvalue weighted by Gasteiger charge is -2.26. The number of fused-ring (bicyclic) bond motifs is 4. The second kappa shape index (κ2) is 5.74. The van der Waals surface area contributed by atoms with Crippen LogP contribution in [0.15, 0.2) is 65.8 Å². The molecule has 0 fully saturated rings. The van der Waals surface area contributed by atoms with Gasteiger partial charge in [-0.3, -0.25) is 0 Å². The standard InChI is InChI=1S/C25H22/c1-17-7-11-22-20(15-17)9-13-25-23-12-8-19(18-5-3-2-4-6-18)16-21(23)10-14-24(22)25/h2-6,8-9,11-15,19H,7,10,16H2,1H3/t19-/m1/s1. The summed E-state index contributed by atoms with van der Waals surface area (Å²) in [5.74, 6) is 0.518. The molecule has 0 saturated heterocycles. The Bertz CT molecular complexity index is 1060. The van der Waals surface area contributed by atoms with Crippen LogP contribution in [0.1, 0.15) is 48.8 Å². The SMILES string of the molecule is CC1=Cc2ccc3c(c2=CC1)=CCC1=C3C=C[C@@H](c2ccccc2)C1. The van der Waals surface area contributed by atoms with Gasteiger partial charge in [-0.1, -0.05) is 84.0 Å². The molecule has 0 saturated carbocycles. The van der Waals surface area contributed by atoms with Gasteiger partial charge in [0.2, 0.25) is 0 Å². The summed E-state index contributed by atoms with van der Waals surface area (Å²) in [5.41, 5.74) is 8.73. The van der Waals surface area contributed by atoms with Crippen molar-refractivity contribution in [1.29, 1.82) is 0 Å². The van der Waals surface area contributed by atoms with E-state index in [1.807, 2.05) is 0 Å². The molecule has 5 rings (SSSR count). The first-order valence-electron chi connectivity index (χ1n) is 9.26. The van der Waals surface area contributed by atoms with E-state index in [2.05, 4.69) is 79.8 Å². The quantitative estimate of drug-likeness (QED) is 0.696. The van der Waals surface area contributed by atoms with Crippen LogP contribution in [0.3, 0.4) is 0 Å². The predicted molar refractivity (Wildman–Crippen MR) is 107 cm³/mol. The third-order valence-corrected chi connectivity index (χ3v) is 5.76. The summed E-state index contributed by atoms with van der Waals surface area (Å²) < 4.78 is 0. The van der Waals surface area contributed by atoms with Gasteiger partial charge < -0.3 is 0 Å². The van der Waals surface area contributed by atoms with Gasteiger partial charge in [0.15, 0.2) is 0 Å². The van der Waals surface area contributed by atoms with Crippen LogP contribution in [0.2, 0.25) is 0 Å². The van der Waals surface area contributed by atoms with Gasteiger partial charge in [0.05, 0.1) is 0 Å². The van der Waals surface area contributed by atoms with E-state index in [1.54, 1.807) is 5.57 Å². The van der Waals surface area contributed by atoms with Crippen LogP contribution < -0.4 is 10.4 Å². The van der Waals surface area contributed by atoms with Gasteiger partial charge in [-0.2, -0.15) is 0 Å². The minimum absolute atomic E-state index is 0.518. The third-order valence-electron chi connectivity index (χ3n) is 5.76. The molecule has 0 heterocycles. The zero-order valence-corrected chi connectivity index (χ0v) is 14.6. The van der Waals surface area contributed by atoms with E-state index in [1.165, 1.54) is 38.3 Å². The van der Waals surface area contributed by atoms with E-state index in [0.29, 0.717) is 5.92 Å². The summed E-state index contributed by atoms with van der Waals surface area (Å²) in [7, 11) is 0. The molecule has 3 aliphatic rings. The first-order valence-corrected chi connectivity index (χ1v) is 9.26. The van der Waals surface area contributed by atoms with E-state index in [9.17, 15) is 0 Å². The fraction of sp³-hybridized carbons (Fsp3) is 0.200. The average Bonchev–Trinajstić information content (AvgIpc) is 2.67. The molecular formula is C25H22. The fourth-order valence-corrected chi connectivity index (χ4v) is 4.45. The molecule has 122 valence electrons. The number of benzene rings is 2. The second-order valence-corrected chi connectivity index (χ2v) is 7.43. The molecule has 2 aromatic rings. The van der Waals surface area contributed by atoms with Crippen molar-refractivity contribution < 1.29 is 0 Å². The lowest BCUT2D eigenvalue weighted by molar-refractivity contribution is 0.803. The molecule has 3 aliphatic carbocycles. The maximum Gasteiger partial charge on any atom is 0.00589 e. The fourth-order valence-electron chi connectivity index (χ4n) is 4.45. The smallest absolute Gasteiger partial charge is 0.00589 e. The number of hydrogen-bond donors (Lipinski definition) is 0. The van der Waals surface area contributed by atoms with Crippen LogP contribution in [0, 0.1) is 0 Å². The summed E-state index contributed by atoms with van der Waals surface area (Å²) >= 11 is 0. The van der Waals surface area contributed by atoms with Gasteiger partial charge in [-0.15, -0.1) is 0 Å². The summed E-state index contributed by atoms with van der Waals surface area (Å²) in [4.78, 5) is 0. The van der Waals surface area contributed by atoms with Crippen LogP contribution in [-0.2, 0) is 0 Å². The van der Waals surface area contributed by atoms with E-state index >= 15 is 0 Å². The summed E-state index contributed by atoms with van der Waals surface area (Å²) in [6, 6.07) is 15.5. The maximum atomic E-state index is 2.46. The molecule has 0 N–H and O–H groups in total. The zero-order valence-electron chi connectivity index (χ0n) is 14.6. The highest BCUT2D eigenvalue weighted by atomic mass is 14.3. The van der Waals surface area contributed by atoms with Crippen molar-refractivity contribution in [2.24, 2.45) is 0 Å². The Hall–Kier alpha value is -2.60. The monoisotopic (exact) mass is 322 g/mol. The Labute approximate surface area is 149 Å². The summed E-state index contributed by atoms with van der Waals surface area (Å²) in [6.45, 7) is 2.22. The van der Waals surface area contributed by atoms with Gasteiger partial charge >= 0.3 is 0 Å². The van der Waals surface area contributed by atoms with E-state index < -0.39 is 0 Å². The topological polar surface area (TPSA) is 0 Å². The van der Waals surface area contributed by atoms with E-state index in [-0.39, 0.29) is 0 Å². The molecule has 0 aromatic heterocycles. The van der Waals surface area contributed by atoms with Crippen LogP contribution in [0.25, 0.3) is 23.8 Å². The molecule has 0 unspecified atom stereocenters. The maximum absolute atomic E-state index is 2.46. The molecule has 0 spiro atoms. The Morgan fingerprint density at radius 3 is 2.60 bits per heavy atom. The van der Waals surface area contributed by atoms with Crippen molar-refractivity contribution in [1.82, 2.24) is 0 Å². The first kappa shape index (κ1) is 14.7. The van der Waals surface area contributed by atoms with E-state index in [0.717, 1.165) is 19.3 Å². The van der Waals surface area contributed by atoms with Crippen LogP contribution in [0.5, 0.6) is 0 Å². The number of rotatable bonds is 1. The Morgan fingerprint density at radius 2 is 1.72 bits per heavy atom. The van der Waals surface area contributed by atoms with Crippen molar-refractivity contribution >= 4 is 23.8 Å². The Balaban J connectivity index is 1.57. The summed E-state index contributed by atoms with van der Waals surface area (Å²) in [6.07, 6.45) is 15.3. The van der Waals surface area contributed by atoms with Crippen molar-refractivity contribution in [3.63, 3.8) is 0 Å². The molecule has 0 bridgehead atoms. The van der Waals surface area contributed by atoms with Crippen molar-refractivity contribution in [2.45, 2.75) is 32.1 Å². The average molecular weight is 322 g/mol. The molecule has 2 aromatic carbocycles. The molecule has 0 amide bonds. The highest BCUT2D eigenvalue weighted by molar-refractivity contribution is 5.83. The largest absolute Gasteiger partial charge is 0.0761 e. The van der Waals surface area contributed by atoms with Crippen LogP contribution in [-0.4, -0.2) is 0 Å². The normalized spacial score (nSPS) is 20.7. The molecular weight excluding hydrogens is 300 g/mol. The van der Waals surface area contributed by atoms with Crippen molar-refractivity contribution in [3.05, 3.63) is 92.9 Å². The zero-order chi connectivity index (χ0) is 16.8. The molecule has 0 nitrogen and oxygen atoms in total. The second-order valence-electron chi connectivity index (χ2n) is 7.43. The predicted octanol–water partition coefficient (Wildman–Crippen LogP) is 4.96. The minimum Gasteiger partial charge on any atom is -0.0761 e. The molecule has 0 aliphatic heterocycles. The summed E-state index contributed by atoms with van der Waals surface area (Å²) in [5, 5.41) is 2.89. The Kier molecular flexibility index (Phi) is 3.38.